The number of aromatic nitrogens is 1. The molecule has 148 valence electrons. The van der Waals surface area contributed by atoms with Crippen LogP contribution >= 0.6 is 0 Å². The van der Waals surface area contributed by atoms with E-state index >= 15 is 0 Å². The molecule has 1 aromatic heterocycles. The molecular weight excluding hydrogens is 356 g/mol. The number of likely N-dealkylation sites (tertiary alicyclic amines) is 1. The molecule has 6 nitrogen and oxygen atoms in total. The lowest BCUT2D eigenvalue weighted by Crippen LogP contribution is -2.43. The fourth-order valence-corrected chi connectivity index (χ4v) is 3.33. The molecule has 0 aliphatic carbocycles. The van der Waals surface area contributed by atoms with Gasteiger partial charge in [0.15, 0.2) is 0 Å². The van der Waals surface area contributed by atoms with E-state index < -0.39 is 17.7 Å². The first-order chi connectivity index (χ1) is 13.3. The molecule has 2 heterocycles. The number of hydrogen-bond donors (Lipinski definition) is 0. The smallest absolute Gasteiger partial charge is 0.410 e. The van der Waals surface area contributed by atoms with Gasteiger partial charge in [-0.1, -0.05) is 36.4 Å². The van der Waals surface area contributed by atoms with Crippen molar-refractivity contribution in [2.45, 2.75) is 51.4 Å². The van der Waals surface area contributed by atoms with Gasteiger partial charge in [0, 0.05) is 12.7 Å². The Morgan fingerprint density at radius 3 is 2.46 bits per heavy atom. The van der Waals surface area contributed by atoms with Crippen LogP contribution in [-0.4, -0.2) is 40.1 Å². The number of ether oxygens (including phenoxy) is 2. The fraction of sp³-hybridized carbons (Fsp3) is 0.409. The van der Waals surface area contributed by atoms with Gasteiger partial charge in [0.05, 0.1) is 6.04 Å². The maximum atomic E-state index is 12.7. The lowest BCUT2D eigenvalue weighted by atomic mass is 10.00. The SMILES string of the molecule is CC(C)(C)OC(=O)N1CCCC1C(OC(=O)c1ccccn1)c1ccccc1. The molecule has 28 heavy (non-hydrogen) atoms. The number of esters is 1. The fourth-order valence-electron chi connectivity index (χ4n) is 3.33. The van der Waals surface area contributed by atoms with Crippen molar-refractivity contribution in [3.63, 3.8) is 0 Å². The van der Waals surface area contributed by atoms with Crippen LogP contribution in [0.3, 0.4) is 0 Å². The highest BCUT2D eigenvalue weighted by Crippen LogP contribution is 2.34. The number of carbonyl (C=O) groups is 2. The van der Waals surface area contributed by atoms with Gasteiger partial charge in [0.25, 0.3) is 0 Å². The average Bonchev–Trinajstić information content (AvgIpc) is 3.15. The first kappa shape index (κ1) is 19.9. The van der Waals surface area contributed by atoms with E-state index in [9.17, 15) is 9.59 Å². The number of nitrogens with zero attached hydrogens (tertiary/aromatic N) is 2. The lowest BCUT2D eigenvalue weighted by Gasteiger charge is -2.33. The molecule has 0 bridgehead atoms. The van der Waals surface area contributed by atoms with Crippen molar-refractivity contribution in [1.82, 2.24) is 9.88 Å². The van der Waals surface area contributed by atoms with Crippen molar-refractivity contribution in [3.8, 4) is 0 Å². The van der Waals surface area contributed by atoms with Crippen LogP contribution in [0.15, 0.2) is 54.7 Å². The second-order valence-electron chi connectivity index (χ2n) is 7.83. The summed E-state index contributed by atoms with van der Waals surface area (Å²) >= 11 is 0. The predicted molar refractivity (Wildman–Crippen MR) is 105 cm³/mol. The summed E-state index contributed by atoms with van der Waals surface area (Å²) in [6, 6.07) is 14.3. The second kappa shape index (κ2) is 8.42. The Bertz CT molecular complexity index is 802. The molecule has 2 aromatic rings. The molecule has 2 unspecified atom stereocenters. The number of benzene rings is 1. The van der Waals surface area contributed by atoms with Crippen LogP contribution < -0.4 is 0 Å². The summed E-state index contributed by atoms with van der Waals surface area (Å²) in [6.07, 6.45) is 2.13. The standard InChI is InChI=1S/C22H26N2O4/c1-22(2,3)28-21(26)24-15-9-13-18(24)19(16-10-5-4-6-11-16)27-20(25)17-12-7-8-14-23-17/h4-8,10-12,14,18-19H,9,13,15H2,1-3H3. The van der Waals surface area contributed by atoms with Gasteiger partial charge in [-0.3, -0.25) is 0 Å². The normalized spacial score (nSPS) is 17.8. The Labute approximate surface area is 165 Å². The van der Waals surface area contributed by atoms with E-state index in [1.54, 1.807) is 29.3 Å². The molecule has 3 rings (SSSR count). The molecule has 1 saturated heterocycles. The summed E-state index contributed by atoms with van der Waals surface area (Å²) in [5, 5.41) is 0. The Balaban J connectivity index is 1.86. The zero-order valence-electron chi connectivity index (χ0n) is 16.5. The first-order valence-corrected chi connectivity index (χ1v) is 9.52. The Morgan fingerprint density at radius 1 is 1.11 bits per heavy atom. The molecule has 1 aliphatic rings. The van der Waals surface area contributed by atoms with Gasteiger partial charge < -0.3 is 14.4 Å². The van der Waals surface area contributed by atoms with Gasteiger partial charge in [-0.25, -0.2) is 14.6 Å². The molecule has 0 saturated carbocycles. The quantitative estimate of drug-likeness (QED) is 0.734. The molecule has 0 radical (unpaired) electrons. The monoisotopic (exact) mass is 382 g/mol. The summed E-state index contributed by atoms with van der Waals surface area (Å²) in [5.74, 6) is -0.509. The number of hydrogen-bond acceptors (Lipinski definition) is 5. The minimum absolute atomic E-state index is 0.241. The van der Waals surface area contributed by atoms with Crippen molar-refractivity contribution in [2.75, 3.05) is 6.54 Å². The topological polar surface area (TPSA) is 68.7 Å². The summed E-state index contributed by atoms with van der Waals surface area (Å²) in [7, 11) is 0. The number of rotatable bonds is 4. The zero-order chi connectivity index (χ0) is 20.1. The molecule has 1 aliphatic heterocycles. The van der Waals surface area contributed by atoms with Crippen LogP contribution in [0.1, 0.15) is 55.8 Å². The van der Waals surface area contributed by atoms with E-state index in [4.69, 9.17) is 9.47 Å². The molecular formula is C22H26N2O4. The predicted octanol–water partition coefficient (Wildman–Crippen LogP) is 4.38. The highest BCUT2D eigenvalue weighted by atomic mass is 16.6. The Hall–Kier alpha value is -2.89. The van der Waals surface area contributed by atoms with Crippen molar-refractivity contribution < 1.29 is 19.1 Å². The van der Waals surface area contributed by atoms with E-state index in [0.717, 1.165) is 18.4 Å². The molecule has 6 heteroatoms. The molecule has 1 fully saturated rings. The number of amides is 1. The van der Waals surface area contributed by atoms with Crippen LogP contribution in [0, 0.1) is 0 Å². The summed E-state index contributed by atoms with van der Waals surface area (Å²) < 4.78 is 11.4. The molecule has 1 amide bonds. The van der Waals surface area contributed by atoms with Gasteiger partial charge in [-0.15, -0.1) is 0 Å². The van der Waals surface area contributed by atoms with E-state index in [2.05, 4.69) is 4.98 Å². The van der Waals surface area contributed by atoms with E-state index in [1.807, 2.05) is 51.1 Å². The van der Waals surface area contributed by atoms with E-state index in [0.29, 0.717) is 6.54 Å². The second-order valence-corrected chi connectivity index (χ2v) is 7.83. The van der Waals surface area contributed by atoms with Crippen LogP contribution in [0.2, 0.25) is 0 Å². The Morgan fingerprint density at radius 2 is 1.82 bits per heavy atom. The van der Waals surface area contributed by atoms with Gasteiger partial charge >= 0.3 is 12.1 Å². The molecule has 2 atom stereocenters. The molecule has 0 spiro atoms. The third-order valence-electron chi connectivity index (χ3n) is 4.51. The van der Waals surface area contributed by atoms with Crippen molar-refractivity contribution >= 4 is 12.1 Å². The number of pyridine rings is 1. The first-order valence-electron chi connectivity index (χ1n) is 9.52. The summed E-state index contributed by atoms with van der Waals surface area (Å²) in [4.78, 5) is 31.1. The minimum Gasteiger partial charge on any atom is -0.451 e. The summed E-state index contributed by atoms with van der Waals surface area (Å²) in [6.45, 7) is 6.09. The summed E-state index contributed by atoms with van der Waals surface area (Å²) in [5.41, 5.74) is 0.495. The van der Waals surface area contributed by atoms with Crippen molar-refractivity contribution in [1.29, 1.82) is 0 Å². The van der Waals surface area contributed by atoms with Crippen molar-refractivity contribution in [2.24, 2.45) is 0 Å². The number of carbonyl (C=O) groups excluding carboxylic acids is 2. The van der Waals surface area contributed by atoms with Gasteiger partial charge in [0.2, 0.25) is 0 Å². The average molecular weight is 382 g/mol. The maximum Gasteiger partial charge on any atom is 0.410 e. The van der Waals surface area contributed by atoms with Crippen LogP contribution in [-0.2, 0) is 9.47 Å². The van der Waals surface area contributed by atoms with Crippen LogP contribution in [0.25, 0.3) is 0 Å². The highest BCUT2D eigenvalue weighted by Gasteiger charge is 2.39. The van der Waals surface area contributed by atoms with Gasteiger partial charge in [0.1, 0.15) is 17.4 Å². The van der Waals surface area contributed by atoms with Gasteiger partial charge in [-0.2, -0.15) is 0 Å². The van der Waals surface area contributed by atoms with Gasteiger partial charge in [-0.05, 0) is 51.3 Å². The minimum atomic E-state index is -0.592. The zero-order valence-corrected chi connectivity index (χ0v) is 16.5. The lowest BCUT2D eigenvalue weighted by molar-refractivity contribution is -0.0120. The molecule has 1 aromatic carbocycles. The maximum absolute atomic E-state index is 12.7. The molecule has 0 N–H and O–H groups in total. The third-order valence-corrected chi connectivity index (χ3v) is 4.51. The van der Waals surface area contributed by atoms with Crippen LogP contribution in [0.4, 0.5) is 4.79 Å². The third kappa shape index (κ3) is 4.88. The van der Waals surface area contributed by atoms with Crippen LogP contribution in [0.5, 0.6) is 0 Å². The van der Waals surface area contributed by atoms with E-state index in [-0.39, 0.29) is 17.8 Å². The Kier molecular flexibility index (Phi) is 5.97. The largest absolute Gasteiger partial charge is 0.451 e. The van der Waals surface area contributed by atoms with E-state index in [1.165, 1.54) is 0 Å². The highest BCUT2D eigenvalue weighted by molar-refractivity contribution is 5.87. The van der Waals surface area contributed by atoms with Crippen molar-refractivity contribution in [3.05, 3.63) is 66.0 Å².